The molecule has 6 heteroatoms. The van der Waals surface area contributed by atoms with E-state index >= 15 is 0 Å². The minimum absolute atomic E-state index is 0.573. The van der Waals surface area contributed by atoms with Crippen molar-refractivity contribution in [2.45, 2.75) is 13.3 Å². The third-order valence-corrected chi connectivity index (χ3v) is 4.59. The zero-order chi connectivity index (χ0) is 16.8. The Bertz CT molecular complexity index is 709. The van der Waals surface area contributed by atoms with E-state index in [0.29, 0.717) is 11.7 Å². The number of anilines is 1. The lowest BCUT2D eigenvalue weighted by molar-refractivity contribution is 0.409. The molecule has 0 amide bonds. The van der Waals surface area contributed by atoms with Crippen molar-refractivity contribution in [3.05, 3.63) is 57.0 Å². The number of hydrogen-bond donors (Lipinski definition) is 2. The highest BCUT2D eigenvalue weighted by Gasteiger charge is 2.06. The zero-order valence-corrected chi connectivity index (χ0v) is 16.1. The molecular weight excluding hydrogens is 396 g/mol. The molecule has 3 nitrogen and oxygen atoms in total. The number of rotatable bonds is 5. The highest BCUT2D eigenvalue weighted by atomic mass is 79.9. The largest absolute Gasteiger partial charge is 0.496 e. The average molecular weight is 414 g/mol. The Hall–Kier alpha value is -1.30. The second-order valence-electron chi connectivity index (χ2n) is 5.00. The van der Waals surface area contributed by atoms with Crippen LogP contribution >= 0.6 is 39.7 Å². The Morgan fingerprint density at radius 3 is 2.83 bits per heavy atom. The van der Waals surface area contributed by atoms with E-state index in [1.807, 2.05) is 37.3 Å². The van der Waals surface area contributed by atoms with E-state index in [0.717, 1.165) is 38.5 Å². The minimum atomic E-state index is 0.573. The number of nitrogens with one attached hydrogen (secondary N) is 2. The summed E-state index contributed by atoms with van der Waals surface area (Å²) in [6.07, 6.45) is 0.805. The Morgan fingerprint density at radius 1 is 1.30 bits per heavy atom. The number of halogens is 2. The molecule has 2 N–H and O–H groups in total. The molecular formula is C17H18BrClN2OS. The van der Waals surface area contributed by atoms with Gasteiger partial charge in [0, 0.05) is 21.7 Å². The molecule has 23 heavy (non-hydrogen) atoms. The summed E-state index contributed by atoms with van der Waals surface area (Å²) in [5.41, 5.74) is 3.01. The maximum Gasteiger partial charge on any atom is 0.170 e. The van der Waals surface area contributed by atoms with E-state index in [1.54, 1.807) is 7.11 Å². The SMILES string of the molecule is COc1ccc(Br)cc1CCNC(=S)Nc1cccc(Cl)c1C. The van der Waals surface area contributed by atoms with Gasteiger partial charge >= 0.3 is 0 Å². The highest BCUT2D eigenvalue weighted by Crippen LogP contribution is 2.24. The average Bonchev–Trinajstić information content (AvgIpc) is 2.52. The molecule has 122 valence electrons. The second-order valence-corrected chi connectivity index (χ2v) is 6.73. The third-order valence-electron chi connectivity index (χ3n) is 3.44. The molecule has 0 heterocycles. The molecule has 2 aromatic carbocycles. The Labute approximate surface area is 155 Å². The van der Waals surface area contributed by atoms with Gasteiger partial charge in [0.2, 0.25) is 0 Å². The summed E-state index contributed by atoms with van der Waals surface area (Å²) in [7, 11) is 1.67. The summed E-state index contributed by atoms with van der Waals surface area (Å²) in [4.78, 5) is 0. The number of thiocarbonyl (C=S) groups is 1. The van der Waals surface area contributed by atoms with Crippen molar-refractivity contribution in [2.75, 3.05) is 19.0 Å². The van der Waals surface area contributed by atoms with Crippen LogP contribution in [0.15, 0.2) is 40.9 Å². The molecule has 0 aliphatic rings. The summed E-state index contributed by atoms with van der Waals surface area (Å²) >= 11 is 14.9. The summed E-state index contributed by atoms with van der Waals surface area (Å²) in [6.45, 7) is 2.66. The molecule has 0 unspecified atom stereocenters. The molecule has 0 atom stereocenters. The summed E-state index contributed by atoms with van der Waals surface area (Å²) in [6, 6.07) is 11.7. The lowest BCUT2D eigenvalue weighted by atomic mass is 10.1. The van der Waals surface area contributed by atoms with E-state index in [2.05, 4.69) is 32.6 Å². The molecule has 0 bridgehead atoms. The van der Waals surface area contributed by atoms with Crippen molar-refractivity contribution < 1.29 is 4.74 Å². The minimum Gasteiger partial charge on any atom is -0.496 e. The molecule has 0 fully saturated rings. The fraction of sp³-hybridized carbons (Fsp3) is 0.235. The predicted molar refractivity (Wildman–Crippen MR) is 105 cm³/mol. The van der Waals surface area contributed by atoms with Crippen LogP contribution in [0.4, 0.5) is 5.69 Å². The number of ether oxygens (including phenoxy) is 1. The van der Waals surface area contributed by atoms with Crippen LogP contribution in [0.2, 0.25) is 5.02 Å². The molecule has 0 aromatic heterocycles. The first-order chi connectivity index (χ1) is 11.0. The van der Waals surface area contributed by atoms with Gasteiger partial charge in [-0.1, -0.05) is 33.6 Å². The Morgan fingerprint density at radius 2 is 2.09 bits per heavy atom. The van der Waals surface area contributed by atoms with Gasteiger partial charge in [0.15, 0.2) is 5.11 Å². The number of hydrogen-bond acceptors (Lipinski definition) is 2. The number of benzene rings is 2. The van der Waals surface area contributed by atoms with Crippen LogP contribution in [0.1, 0.15) is 11.1 Å². The van der Waals surface area contributed by atoms with Gasteiger partial charge in [0.25, 0.3) is 0 Å². The van der Waals surface area contributed by atoms with Crippen LogP contribution in [0.5, 0.6) is 5.75 Å². The maximum atomic E-state index is 6.11. The smallest absolute Gasteiger partial charge is 0.170 e. The fourth-order valence-corrected chi connectivity index (χ4v) is 2.96. The van der Waals surface area contributed by atoms with Crippen LogP contribution in [0.3, 0.4) is 0 Å². The zero-order valence-electron chi connectivity index (χ0n) is 13.0. The van der Waals surface area contributed by atoms with Crippen molar-refractivity contribution in [3.8, 4) is 5.75 Å². The van der Waals surface area contributed by atoms with Crippen LogP contribution in [-0.2, 0) is 6.42 Å². The normalized spacial score (nSPS) is 10.3. The van der Waals surface area contributed by atoms with E-state index < -0.39 is 0 Å². The first kappa shape index (κ1) is 18.0. The first-order valence-corrected chi connectivity index (χ1v) is 8.71. The molecule has 0 aliphatic carbocycles. The van der Waals surface area contributed by atoms with Crippen LogP contribution in [0.25, 0.3) is 0 Å². The molecule has 0 spiro atoms. The Kier molecular flexibility index (Phi) is 6.69. The van der Waals surface area contributed by atoms with Crippen molar-refractivity contribution in [3.63, 3.8) is 0 Å². The fourth-order valence-electron chi connectivity index (χ4n) is 2.16. The van der Waals surface area contributed by atoms with Crippen molar-refractivity contribution >= 4 is 50.5 Å². The van der Waals surface area contributed by atoms with Crippen molar-refractivity contribution in [1.82, 2.24) is 5.32 Å². The lowest BCUT2D eigenvalue weighted by Crippen LogP contribution is -2.30. The quantitative estimate of drug-likeness (QED) is 0.680. The standard InChI is InChI=1S/C17H18BrClN2OS/c1-11-14(19)4-3-5-15(11)21-17(23)20-9-8-12-10-13(18)6-7-16(12)22-2/h3-7,10H,8-9H2,1-2H3,(H2,20,21,23). The third kappa shape index (κ3) is 5.09. The van der Waals surface area contributed by atoms with Gasteiger partial charge < -0.3 is 15.4 Å². The summed E-state index contributed by atoms with van der Waals surface area (Å²) in [5, 5.41) is 7.67. The lowest BCUT2D eigenvalue weighted by Gasteiger charge is -2.14. The van der Waals surface area contributed by atoms with Gasteiger partial charge in [-0.2, -0.15) is 0 Å². The predicted octanol–water partition coefficient (Wildman–Crippen LogP) is 4.95. The highest BCUT2D eigenvalue weighted by molar-refractivity contribution is 9.10. The van der Waals surface area contributed by atoms with Gasteiger partial charge in [-0.3, -0.25) is 0 Å². The van der Waals surface area contributed by atoms with E-state index in [1.165, 1.54) is 0 Å². The summed E-state index contributed by atoms with van der Waals surface area (Å²) in [5.74, 6) is 0.875. The van der Waals surface area contributed by atoms with Gasteiger partial charge in [0.05, 0.1) is 7.11 Å². The van der Waals surface area contributed by atoms with Crippen LogP contribution in [-0.4, -0.2) is 18.8 Å². The monoisotopic (exact) mass is 412 g/mol. The van der Waals surface area contributed by atoms with E-state index in [4.69, 9.17) is 28.6 Å². The molecule has 2 aromatic rings. The van der Waals surface area contributed by atoms with Gasteiger partial charge in [-0.05, 0) is 67.0 Å². The molecule has 0 radical (unpaired) electrons. The van der Waals surface area contributed by atoms with Crippen molar-refractivity contribution in [2.24, 2.45) is 0 Å². The van der Waals surface area contributed by atoms with E-state index in [-0.39, 0.29) is 0 Å². The van der Waals surface area contributed by atoms with Crippen LogP contribution in [0, 0.1) is 6.92 Å². The van der Waals surface area contributed by atoms with Gasteiger partial charge in [0.1, 0.15) is 5.75 Å². The van der Waals surface area contributed by atoms with Crippen molar-refractivity contribution in [1.29, 1.82) is 0 Å². The van der Waals surface area contributed by atoms with Gasteiger partial charge in [-0.15, -0.1) is 0 Å². The van der Waals surface area contributed by atoms with E-state index in [9.17, 15) is 0 Å². The number of methoxy groups -OCH3 is 1. The topological polar surface area (TPSA) is 33.3 Å². The molecule has 2 rings (SSSR count). The van der Waals surface area contributed by atoms with Crippen LogP contribution < -0.4 is 15.4 Å². The first-order valence-electron chi connectivity index (χ1n) is 7.13. The molecule has 0 saturated carbocycles. The van der Waals surface area contributed by atoms with Gasteiger partial charge in [-0.25, -0.2) is 0 Å². The molecule has 0 saturated heterocycles. The summed E-state index contributed by atoms with van der Waals surface area (Å²) < 4.78 is 6.40. The Balaban J connectivity index is 1.90. The second kappa shape index (κ2) is 8.52. The maximum absolute atomic E-state index is 6.11. The molecule has 0 aliphatic heterocycles.